The van der Waals surface area contributed by atoms with Crippen LogP contribution >= 0.6 is 22.9 Å². The molecule has 1 aliphatic rings. The van der Waals surface area contributed by atoms with Crippen molar-refractivity contribution in [1.82, 2.24) is 14.8 Å². The molecular formula is C22H27ClN4O5S. The fourth-order valence-electron chi connectivity index (χ4n) is 3.29. The lowest BCUT2D eigenvalue weighted by Crippen LogP contribution is -2.43. The average Bonchev–Trinajstić information content (AvgIpc) is 3.25. The van der Waals surface area contributed by atoms with E-state index in [9.17, 15) is 14.4 Å². The van der Waals surface area contributed by atoms with Crippen molar-refractivity contribution >= 4 is 46.5 Å². The summed E-state index contributed by atoms with van der Waals surface area (Å²) in [6.45, 7) is 4.17. The number of carbonyl (C=O) groups excluding carboxylic acids is 3. The van der Waals surface area contributed by atoms with Crippen molar-refractivity contribution in [3.05, 3.63) is 45.2 Å². The van der Waals surface area contributed by atoms with E-state index >= 15 is 0 Å². The number of nitrogens with zero attached hydrogens (tertiary/aromatic N) is 3. The first-order valence-electron chi connectivity index (χ1n) is 10.5. The van der Waals surface area contributed by atoms with Gasteiger partial charge in [0.05, 0.1) is 11.4 Å². The lowest BCUT2D eigenvalue weighted by Gasteiger charge is -2.18. The molecule has 1 fully saturated rings. The Morgan fingerprint density at radius 1 is 1.33 bits per heavy atom. The molecule has 1 aliphatic heterocycles. The van der Waals surface area contributed by atoms with Crippen LogP contribution < -0.4 is 10.1 Å². The van der Waals surface area contributed by atoms with Crippen LogP contribution in [0.15, 0.2) is 34.6 Å². The highest BCUT2D eigenvalue weighted by Gasteiger charge is 2.47. The van der Waals surface area contributed by atoms with Gasteiger partial charge in [0.15, 0.2) is 4.80 Å². The Morgan fingerprint density at radius 2 is 2.12 bits per heavy atom. The highest BCUT2D eigenvalue weighted by atomic mass is 35.5. The number of imide groups is 1. The van der Waals surface area contributed by atoms with Crippen molar-refractivity contribution in [1.29, 1.82) is 0 Å². The first-order valence-corrected chi connectivity index (χ1v) is 11.8. The normalized spacial score (nSPS) is 18.7. The maximum Gasteiger partial charge on any atom is 0.326 e. The molecule has 0 unspecified atom stereocenters. The Hall–Kier alpha value is -2.69. The predicted molar refractivity (Wildman–Crippen MR) is 124 cm³/mol. The van der Waals surface area contributed by atoms with E-state index in [1.165, 1.54) is 11.3 Å². The summed E-state index contributed by atoms with van der Waals surface area (Å²) < 4.78 is 12.5. The monoisotopic (exact) mass is 494 g/mol. The number of rotatable bonds is 10. The second-order valence-corrected chi connectivity index (χ2v) is 9.04. The Balaban J connectivity index is 1.72. The molecule has 0 saturated carbocycles. The van der Waals surface area contributed by atoms with Crippen molar-refractivity contribution in [2.24, 2.45) is 4.99 Å². The van der Waals surface area contributed by atoms with E-state index in [2.05, 4.69) is 10.3 Å². The van der Waals surface area contributed by atoms with Crippen LogP contribution in [0.3, 0.4) is 0 Å². The van der Waals surface area contributed by atoms with Crippen molar-refractivity contribution in [2.45, 2.75) is 45.4 Å². The number of carbonyl (C=O) groups is 3. The molecule has 0 bridgehead atoms. The molecule has 1 N–H and O–H groups in total. The second kappa shape index (κ2) is 11.0. The number of methoxy groups -OCH3 is 1. The largest absolute Gasteiger partial charge is 0.458 e. The molecule has 1 aromatic carbocycles. The Morgan fingerprint density at radius 3 is 2.79 bits per heavy atom. The summed E-state index contributed by atoms with van der Waals surface area (Å²) in [7, 11) is 1.64. The number of urea groups is 1. The van der Waals surface area contributed by atoms with Gasteiger partial charge in [0.2, 0.25) is 0 Å². The highest BCUT2D eigenvalue weighted by Crippen LogP contribution is 2.21. The van der Waals surface area contributed by atoms with Gasteiger partial charge >= 0.3 is 12.0 Å². The summed E-state index contributed by atoms with van der Waals surface area (Å²) in [4.78, 5) is 43.3. The molecule has 1 aromatic heterocycles. The van der Waals surface area contributed by atoms with Gasteiger partial charge in [0.1, 0.15) is 18.7 Å². The summed E-state index contributed by atoms with van der Waals surface area (Å²) in [6.07, 6.45) is 1.17. The number of nitrogens with one attached hydrogen (secondary N) is 1. The SMILES string of the molecule is CC[C@@]1(C)NC(=O)N(CC(=O)OCc2csc(=Nc3cccc(Cl)c3)n2CCCOC)C1=O. The van der Waals surface area contributed by atoms with Gasteiger partial charge in [-0.25, -0.2) is 9.79 Å². The van der Waals surface area contributed by atoms with Gasteiger partial charge in [-0.05, 0) is 38.0 Å². The maximum absolute atomic E-state index is 12.5. The first-order chi connectivity index (χ1) is 15.8. The fraction of sp³-hybridized carbons (Fsp3) is 0.455. The van der Waals surface area contributed by atoms with Crippen molar-refractivity contribution in [3.8, 4) is 0 Å². The third-order valence-corrected chi connectivity index (χ3v) is 6.51. The lowest BCUT2D eigenvalue weighted by molar-refractivity contribution is -0.149. The average molecular weight is 495 g/mol. The smallest absolute Gasteiger partial charge is 0.326 e. The van der Waals surface area contributed by atoms with Crippen molar-refractivity contribution in [2.75, 3.05) is 20.3 Å². The standard InChI is InChI=1S/C22H27ClN4O5S/c1-4-22(2)19(29)27(20(30)25-22)12-18(28)32-13-17-14-33-21(26(17)9-6-10-31-3)24-16-8-5-7-15(23)11-16/h5,7-8,11,14H,4,6,9-10,12-13H2,1-3H3,(H,25,30)/t22-/m1/s1. The van der Waals surface area contributed by atoms with Gasteiger partial charge in [-0.2, -0.15) is 0 Å². The van der Waals surface area contributed by atoms with Gasteiger partial charge in [-0.15, -0.1) is 11.3 Å². The van der Waals surface area contributed by atoms with E-state index in [0.29, 0.717) is 30.3 Å². The third kappa shape index (κ3) is 6.01. The number of thiazole rings is 1. The molecule has 0 radical (unpaired) electrons. The molecule has 33 heavy (non-hydrogen) atoms. The highest BCUT2D eigenvalue weighted by molar-refractivity contribution is 7.07. The summed E-state index contributed by atoms with van der Waals surface area (Å²) in [5.74, 6) is -1.10. The van der Waals surface area contributed by atoms with Crippen LogP contribution in [0.5, 0.6) is 0 Å². The molecule has 9 nitrogen and oxygen atoms in total. The van der Waals surface area contributed by atoms with E-state index in [1.807, 2.05) is 22.1 Å². The molecule has 11 heteroatoms. The topological polar surface area (TPSA) is 102 Å². The Bertz CT molecular complexity index is 1100. The molecule has 3 rings (SSSR count). The van der Waals surface area contributed by atoms with Gasteiger partial charge in [-0.3, -0.25) is 14.5 Å². The van der Waals surface area contributed by atoms with Crippen molar-refractivity contribution in [3.63, 3.8) is 0 Å². The molecular weight excluding hydrogens is 468 g/mol. The third-order valence-electron chi connectivity index (χ3n) is 5.36. The van der Waals surface area contributed by atoms with E-state index in [1.54, 1.807) is 33.1 Å². The molecule has 0 spiro atoms. The van der Waals surface area contributed by atoms with Crippen LogP contribution in [0.2, 0.25) is 5.02 Å². The summed E-state index contributed by atoms with van der Waals surface area (Å²) in [6, 6.07) is 6.64. The number of aromatic nitrogens is 1. The van der Waals surface area contributed by atoms with Crippen LogP contribution in [0, 0.1) is 0 Å². The summed E-state index contributed by atoms with van der Waals surface area (Å²) in [5, 5.41) is 5.08. The Labute approximate surface area is 201 Å². The van der Waals surface area contributed by atoms with Gasteiger partial charge < -0.3 is 19.4 Å². The van der Waals surface area contributed by atoms with Crippen LogP contribution in [0.1, 0.15) is 32.4 Å². The van der Waals surface area contributed by atoms with Crippen LogP contribution in [0.25, 0.3) is 0 Å². The van der Waals surface area contributed by atoms with Gasteiger partial charge in [0.25, 0.3) is 5.91 Å². The molecule has 1 saturated heterocycles. The zero-order valence-electron chi connectivity index (χ0n) is 18.8. The molecule has 178 valence electrons. The number of halogens is 1. The van der Waals surface area contributed by atoms with E-state index < -0.39 is 30.0 Å². The fourth-order valence-corrected chi connectivity index (χ4v) is 4.41. The van der Waals surface area contributed by atoms with Crippen LogP contribution in [-0.2, 0) is 32.2 Å². The zero-order valence-corrected chi connectivity index (χ0v) is 20.4. The molecule has 2 heterocycles. The van der Waals surface area contributed by atoms with Crippen LogP contribution in [-0.4, -0.2) is 53.2 Å². The van der Waals surface area contributed by atoms with Gasteiger partial charge in [0, 0.05) is 30.7 Å². The van der Waals surface area contributed by atoms with E-state index in [0.717, 1.165) is 21.8 Å². The molecule has 3 amide bonds. The number of esters is 1. The number of amides is 3. The van der Waals surface area contributed by atoms with E-state index in [-0.39, 0.29) is 6.61 Å². The summed E-state index contributed by atoms with van der Waals surface area (Å²) in [5.41, 5.74) is 0.470. The molecule has 1 atom stereocenters. The van der Waals surface area contributed by atoms with Gasteiger partial charge in [-0.1, -0.05) is 24.6 Å². The van der Waals surface area contributed by atoms with Crippen LogP contribution in [0.4, 0.5) is 10.5 Å². The minimum absolute atomic E-state index is 0.0118. The maximum atomic E-state index is 12.5. The first kappa shape index (κ1) is 24.9. The summed E-state index contributed by atoms with van der Waals surface area (Å²) >= 11 is 7.48. The lowest BCUT2D eigenvalue weighted by atomic mass is 9.99. The number of ether oxygens (including phenoxy) is 2. The van der Waals surface area contributed by atoms with Crippen molar-refractivity contribution < 1.29 is 23.9 Å². The minimum Gasteiger partial charge on any atom is -0.458 e. The zero-order chi connectivity index (χ0) is 24.0. The quantitative estimate of drug-likeness (QED) is 0.310. The second-order valence-electron chi connectivity index (χ2n) is 7.77. The number of hydrogen-bond donors (Lipinski definition) is 1. The molecule has 0 aliphatic carbocycles. The predicted octanol–water partition coefficient (Wildman–Crippen LogP) is 3.24. The Kier molecular flexibility index (Phi) is 8.28. The van der Waals surface area contributed by atoms with E-state index in [4.69, 9.17) is 21.1 Å². The number of benzene rings is 1. The number of hydrogen-bond acceptors (Lipinski definition) is 7. The molecule has 2 aromatic rings. The minimum atomic E-state index is -0.994.